The zero-order valence-electron chi connectivity index (χ0n) is 14.0. The Morgan fingerprint density at radius 2 is 1.84 bits per heavy atom. The summed E-state index contributed by atoms with van der Waals surface area (Å²) in [5.41, 5.74) is 0.652. The fourth-order valence-electron chi connectivity index (χ4n) is 3.28. The van der Waals surface area contributed by atoms with Crippen LogP contribution in [0.5, 0.6) is 11.5 Å². The minimum Gasteiger partial charge on any atom is -0.486 e. The monoisotopic (exact) mass is 346 g/mol. The molecule has 2 amide bonds. The van der Waals surface area contributed by atoms with Crippen LogP contribution in [0.1, 0.15) is 19.3 Å². The molecule has 7 nitrogen and oxygen atoms in total. The summed E-state index contributed by atoms with van der Waals surface area (Å²) in [6.07, 6.45) is 2.74. The molecule has 1 saturated carbocycles. The number of fused-ring (bicyclic) bond motifs is 1. The molecule has 0 spiro atoms. The third-order valence-electron chi connectivity index (χ3n) is 4.80. The van der Waals surface area contributed by atoms with E-state index in [0.717, 1.165) is 19.4 Å². The van der Waals surface area contributed by atoms with E-state index < -0.39 is 0 Å². The minimum absolute atomic E-state index is 0.0576. The van der Waals surface area contributed by atoms with Crippen molar-refractivity contribution in [3.05, 3.63) is 18.2 Å². The lowest BCUT2D eigenvalue weighted by Crippen LogP contribution is -2.33. The minimum atomic E-state index is -0.266. The summed E-state index contributed by atoms with van der Waals surface area (Å²) in [7, 11) is 0. The van der Waals surface area contributed by atoms with Crippen LogP contribution < -0.4 is 20.1 Å². The van der Waals surface area contributed by atoms with Gasteiger partial charge in [0.1, 0.15) is 13.2 Å². The summed E-state index contributed by atoms with van der Waals surface area (Å²) in [4.78, 5) is 24.5. The van der Waals surface area contributed by atoms with Crippen molar-refractivity contribution in [3.8, 4) is 11.5 Å². The predicted molar refractivity (Wildman–Crippen MR) is 89.6 cm³/mol. The maximum absolute atomic E-state index is 12.3. The lowest BCUT2D eigenvalue weighted by Gasteiger charge is -2.19. The van der Waals surface area contributed by atoms with Crippen molar-refractivity contribution >= 4 is 17.5 Å². The van der Waals surface area contributed by atoms with E-state index >= 15 is 0 Å². The average Bonchev–Trinajstić information content (AvgIpc) is 3.27. The number of hydrogen-bond donors (Lipinski definition) is 2. The van der Waals surface area contributed by atoms with Gasteiger partial charge in [0.15, 0.2) is 11.5 Å². The van der Waals surface area contributed by atoms with Gasteiger partial charge in [-0.05, 0) is 31.4 Å². The maximum Gasteiger partial charge on any atom is 0.228 e. The molecule has 2 fully saturated rings. The molecule has 1 aliphatic carbocycles. The summed E-state index contributed by atoms with van der Waals surface area (Å²) >= 11 is 0. The molecule has 0 bridgehead atoms. The third-order valence-corrected chi connectivity index (χ3v) is 4.80. The zero-order valence-corrected chi connectivity index (χ0v) is 14.0. The van der Waals surface area contributed by atoms with Crippen molar-refractivity contribution in [3.63, 3.8) is 0 Å². The SMILES string of the molecule is O=C(NCC1CCCO1)C1CC1C(=O)Nc1ccc2c(c1)OCCO2. The van der Waals surface area contributed by atoms with Gasteiger partial charge < -0.3 is 24.8 Å². The molecule has 0 aromatic heterocycles. The lowest BCUT2D eigenvalue weighted by molar-refractivity contribution is -0.125. The van der Waals surface area contributed by atoms with E-state index in [2.05, 4.69) is 10.6 Å². The van der Waals surface area contributed by atoms with Gasteiger partial charge in [0.05, 0.1) is 17.9 Å². The Hall–Kier alpha value is -2.28. The van der Waals surface area contributed by atoms with Crippen molar-refractivity contribution in [2.24, 2.45) is 11.8 Å². The van der Waals surface area contributed by atoms with Gasteiger partial charge in [0.25, 0.3) is 0 Å². The maximum atomic E-state index is 12.3. The van der Waals surface area contributed by atoms with Crippen LogP contribution in [0.4, 0.5) is 5.69 Å². The zero-order chi connectivity index (χ0) is 17.2. The average molecular weight is 346 g/mol. The highest BCUT2D eigenvalue weighted by Crippen LogP contribution is 2.40. The van der Waals surface area contributed by atoms with Crippen LogP contribution >= 0.6 is 0 Å². The summed E-state index contributed by atoms with van der Waals surface area (Å²) in [6, 6.07) is 5.31. The molecule has 2 aliphatic heterocycles. The second-order valence-electron chi connectivity index (χ2n) is 6.68. The van der Waals surface area contributed by atoms with Crippen LogP contribution in [0.15, 0.2) is 18.2 Å². The number of amides is 2. The smallest absolute Gasteiger partial charge is 0.228 e. The molecule has 0 radical (unpaired) electrons. The highest BCUT2D eigenvalue weighted by Gasteiger charge is 2.48. The lowest BCUT2D eigenvalue weighted by atomic mass is 10.2. The van der Waals surface area contributed by atoms with E-state index in [-0.39, 0.29) is 29.8 Å². The Labute approximate surface area is 146 Å². The van der Waals surface area contributed by atoms with Gasteiger partial charge >= 0.3 is 0 Å². The van der Waals surface area contributed by atoms with Crippen LogP contribution in [0.2, 0.25) is 0 Å². The van der Waals surface area contributed by atoms with Crippen molar-refractivity contribution in [1.82, 2.24) is 5.32 Å². The van der Waals surface area contributed by atoms with E-state index in [9.17, 15) is 9.59 Å². The molecule has 134 valence electrons. The first-order chi connectivity index (χ1) is 12.2. The Morgan fingerprint density at radius 3 is 2.64 bits per heavy atom. The molecule has 7 heteroatoms. The Balaban J connectivity index is 1.27. The van der Waals surface area contributed by atoms with Gasteiger partial charge in [0.2, 0.25) is 11.8 Å². The van der Waals surface area contributed by atoms with Crippen LogP contribution in [-0.4, -0.2) is 44.3 Å². The van der Waals surface area contributed by atoms with Crippen LogP contribution in [0.3, 0.4) is 0 Å². The first-order valence-corrected chi connectivity index (χ1v) is 8.80. The standard InChI is InChI=1S/C18H22N2O5/c21-17(19-10-12-2-1-5-23-12)13-9-14(13)18(22)20-11-3-4-15-16(8-11)25-7-6-24-15/h3-4,8,12-14H,1-2,5-7,9-10H2,(H,19,21)(H,20,22). The summed E-state index contributed by atoms with van der Waals surface area (Å²) in [5, 5.41) is 5.75. The summed E-state index contributed by atoms with van der Waals surface area (Å²) in [5.74, 6) is 0.621. The molecule has 25 heavy (non-hydrogen) atoms. The Bertz CT molecular complexity index is 671. The molecule has 4 rings (SSSR count). The fourth-order valence-corrected chi connectivity index (χ4v) is 3.28. The Morgan fingerprint density at radius 1 is 1.04 bits per heavy atom. The highest BCUT2D eigenvalue weighted by atomic mass is 16.6. The molecule has 1 aromatic carbocycles. The van der Waals surface area contributed by atoms with Gasteiger partial charge in [-0.3, -0.25) is 9.59 Å². The number of anilines is 1. The fraction of sp³-hybridized carbons (Fsp3) is 0.556. The largest absolute Gasteiger partial charge is 0.486 e. The van der Waals surface area contributed by atoms with Gasteiger partial charge in [-0.2, -0.15) is 0 Å². The molecule has 2 N–H and O–H groups in total. The van der Waals surface area contributed by atoms with E-state index in [0.29, 0.717) is 43.4 Å². The molecule has 1 aromatic rings. The molecule has 3 atom stereocenters. The van der Waals surface area contributed by atoms with Gasteiger partial charge in [-0.25, -0.2) is 0 Å². The second-order valence-corrected chi connectivity index (χ2v) is 6.68. The summed E-state index contributed by atoms with van der Waals surface area (Å²) < 4.78 is 16.5. The number of ether oxygens (including phenoxy) is 3. The van der Waals surface area contributed by atoms with Gasteiger partial charge in [0, 0.05) is 24.9 Å². The number of carbonyl (C=O) groups is 2. The number of benzene rings is 1. The first kappa shape index (κ1) is 16.2. The molecule has 3 unspecified atom stereocenters. The third kappa shape index (κ3) is 3.71. The summed E-state index contributed by atoms with van der Waals surface area (Å²) in [6.45, 7) is 2.33. The highest BCUT2D eigenvalue weighted by molar-refractivity contribution is 5.99. The van der Waals surface area contributed by atoms with E-state index in [4.69, 9.17) is 14.2 Å². The van der Waals surface area contributed by atoms with E-state index in [1.165, 1.54) is 0 Å². The van der Waals surface area contributed by atoms with E-state index in [1.807, 2.05) is 0 Å². The quantitative estimate of drug-likeness (QED) is 0.840. The van der Waals surface area contributed by atoms with Gasteiger partial charge in [-0.1, -0.05) is 0 Å². The number of nitrogens with one attached hydrogen (secondary N) is 2. The van der Waals surface area contributed by atoms with Gasteiger partial charge in [-0.15, -0.1) is 0 Å². The van der Waals surface area contributed by atoms with Crippen molar-refractivity contribution in [2.75, 3.05) is 31.7 Å². The van der Waals surface area contributed by atoms with Crippen LogP contribution in [-0.2, 0) is 14.3 Å². The van der Waals surface area contributed by atoms with Crippen molar-refractivity contribution < 1.29 is 23.8 Å². The second kappa shape index (κ2) is 6.92. The molecular weight excluding hydrogens is 324 g/mol. The molecule has 2 heterocycles. The predicted octanol–water partition coefficient (Wildman–Crippen LogP) is 1.33. The first-order valence-electron chi connectivity index (χ1n) is 8.80. The molecule has 3 aliphatic rings. The van der Waals surface area contributed by atoms with Crippen molar-refractivity contribution in [1.29, 1.82) is 0 Å². The number of carbonyl (C=O) groups excluding carboxylic acids is 2. The normalized spacial score (nSPS) is 26.8. The molecule has 1 saturated heterocycles. The topological polar surface area (TPSA) is 85.9 Å². The van der Waals surface area contributed by atoms with Crippen LogP contribution in [0.25, 0.3) is 0 Å². The van der Waals surface area contributed by atoms with Crippen molar-refractivity contribution in [2.45, 2.75) is 25.4 Å². The molecular formula is C18H22N2O5. The Kier molecular flexibility index (Phi) is 4.48. The van der Waals surface area contributed by atoms with Crippen LogP contribution in [0, 0.1) is 11.8 Å². The number of rotatable bonds is 5. The number of hydrogen-bond acceptors (Lipinski definition) is 5. The van der Waals surface area contributed by atoms with E-state index in [1.54, 1.807) is 18.2 Å².